The van der Waals surface area contributed by atoms with Crippen molar-refractivity contribution in [2.24, 2.45) is 0 Å². The molecule has 1 fully saturated rings. The molecular weight excluding hydrogens is 507 g/mol. The number of furan rings is 1. The quantitative estimate of drug-likeness (QED) is 0.262. The molecule has 0 aliphatic carbocycles. The number of benzene rings is 1. The number of aromatic nitrogens is 6. The molecule has 13 nitrogen and oxygen atoms in total. The number of nitrogen functional groups attached to an aromatic ring is 1. The van der Waals surface area contributed by atoms with E-state index in [2.05, 4.69) is 30.4 Å². The molecular formula is C25H27FN10O3. The Balaban J connectivity index is 1.10. The first-order valence-corrected chi connectivity index (χ1v) is 12.6. The number of aliphatic hydroxyl groups excluding tert-OH is 1. The van der Waals surface area contributed by atoms with Crippen LogP contribution in [0.2, 0.25) is 0 Å². The molecule has 6 rings (SSSR count). The highest BCUT2D eigenvalue weighted by atomic mass is 19.1. The number of hydrogen-bond acceptors (Lipinski definition) is 10. The molecule has 1 amide bonds. The standard InChI is InChI=1S/C25H27FN10O3/c26-18-14-16(24(38)28-5-12-37)3-4-19(18)34-9-6-33(7-10-34)8-11-35-22-17(15-29-35)23-30-21(20-2-1-13-39-20)32-36(23)25(27)31-22/h1-4,13-15,37H,5-12H2,(H2,27,31)(H,28,38). The van der Waals surface area contributed by atoms with Crippen molar-refractivity contribution in [3.8, 4) is 11.6 Å². The lowest BCUT2D eigenvalue weighted by Crippen LogP contribution is -2.47. The van der Waals surface area contributed by atoms with Crippen LogP contribution in [0.4, 0.5) is 16.0 Å². The van der Waals surface area contributed by atoms with E-state index < -0.39 is 11.7 Å². The molecule has 14 heteroatoms. The summed E-state index contributed by atoms with van der Waals surface area (Å²) < 4.78 is 23.5. The van der Waals surface area contributed by atoms with E-state index in [4.69, 9.17) is 15.3 Å². The van der Waals surface area contributed by atoms with Gasteiger partial charge in [0.1, 0.15) is 5.82 Å². The van der Waals surface area contributed by atoms with Crippen molar-refractivity contribution < 1.29 is 18.7 Å². The van der Waals surface area contributed by atoms with E-state index in [1.807, 2.05) is 4.90 Å². The molecule has 0 saturated carbocycles. The Hall–Kier alpha value is -4.56. The Bertz CT molecular complexity index is 1620. The second-order valence-electron chi connectivity index (χ2n) is 9.20. The molecule has 0 bridgehead atoms. The molecule has 1 saturated heterocycles. The zero-order valence-corrected chi connectivity index (χ0v) is 21.0. The van der Waals surface area contributed by atoms with E-state index in [-0.39, 0.29) is 24.7 Å². The van der Waals surface area contributed by atoms with Crippen molar-refractivity contribution in [3.63, 3.8) is 0 Å². The first-order chi connectivity index (χ1) is 19.0. The smallest absolute Gasteiger partial charge is 0.251 e. The number of piperazine rings is 1. The van der Waals surface area contributed by atoms with Gasteiger partial charge in [-0.25, -0.2) is 14.1 Å². The van der Waals surface area contributed by atoms with Gasteiger partial charge in [0.2, 0.25) is 11.8 Å². The van der Waals surface area contributed by atoms with E-state index >= 15 is 0 Å². The molecule has 1 aliphatic heterocycles. The second-order valence-corrected chi connectivity index (χ2v) is 9.20. The Labute approximate surface area is 221 Å². The molecule has 4 aromatic heterocycles. The van der Waals surface area contributed by atoms with Crippen LogP contribution in [0.15, 0.2) is 47.2 Å². The molecule has 0 unspecified atom stereocenters. The third-order valence-corrected chi connectivity index (χ3v) is 6.79. The third-order valence-electron chi connectivity index (χ3n) is 6.79. The minimum absolute atomic E-state index is 0.125. The van der Waals surface area contributed by atoms with E-state index in [1.165, 1.54) is 10.6 Å². The molecule has 5 aromatic rings. The molecule has 4 N–H and O–H groups in total. The van der Waals surface area contributed by atoms with Gasteiger partial charge in [-0.3, -0.25) is 9.69 Å². The summed E-state index contributed by atoms with van der Waals surface area (Å²) in [6.07, 6.45) is 3.27. The topological polar surface area (TPSA) is 156 Å². The number of nitrogens with two attached hydrogens (primary N) is 1. The molecule has 202 valence electrons. The molecule has 0 radical (unpaired) electrons. The lowest BCUT2D eigenvalue weighted by atomic mass is 10.1. The minimum atomic E-state index is -0.443. The normalized spacial score (nSPS) is 14.5. The monoisotopic (exact) mass is 534 g/mol. The lowest BCUT2D eigenvalue weighted by Gasteiger charge is -2.36. The van der Waals surface area contributed by atoms with Gasteiger partial charge in [0, 0.05) is 44.8 Å². The largest absolute Gasteiger partial charge is 0.461 e. The highest BCUT2D eigenvalue weighted by Crippen LogP contribution is 2.24. The number of rotatable bonds is 8. The Morgan fingerprint density at radius 1 is 1.13 bits per heavy atom. The van der Waals surface area contributed by atoms with Crippen LogP contribution < -0.4 is 16.0 Å². The summed E-state index contributed by atoms with van der Waals surface area (Å²) in [5.41, 5.74) is 8.07. The van der Waals surface area contributed by atoms with Crippen LogP contribution >= 0.6 is 0 Å². The molecule has 5 heterocycles. The predicted molar refractivity (Wildman–Crippen MR) is 141 cm³/mol. The van der Waals surface area contributed by atoms with Crippen LogP contribution in [0.1, 0.15) is 10.4 Å². The van der Waals surface area contributed by atoms with E-state index in [9.17, 15) is 9.18 Å². The molecule has 1 aliphatic rings. The summed E-state index contributed by atoms with van der Waals surface area (Å²) in [6.45, 7) is 4.06. The number of halogens is 1. The first-order valence-electron chi connectivity index (χ1n) is 12.6. The zero-order valence-electron chi connectivity index (χ0n) is 21.0. The molecule has 39 heavy (non-hydrogen) atoms. The van der Waals surface area contributed by atoms with Gasteiger partial charge in [-0.1, -0.05) is 0 Å². The van der Waals surface area contributed by atoms with Crippen LogP contribution in [-0.4, -0.2) is 91.2 Å². The number of aliphatic hydroxyl groups is 1. The molecule has 0 atom stereocenters. The van der Waals surface area contributed by atoms with Gasteiger partial charge >= 0.3 is 0 Å². The van der Waals surface area contributed by atoms with E-state index in [0.717, 1.165) is 25.0 Å². The SMILES string of the molecule is Nc1nc2c(cnn2CCN2CCN(c3ccc(C(=O)NCCO)cc3F)CC2)c2nc(-c3ccco3)nn12. The minimum Gasteiger partial charge on any atom is -0.461 e. The van der Waals surface area contributed by atoms with Crippen molar-refractivity contribution in [2.45, 2.75) is 6.54 Å². The summed E-state index contributed by atoms with van der Waals surface area (Å²) in [5.74, 6) is 0.308. The van der Waals surface area contributed by atoms with Crippen molar-refractivity contribution >= 4 is 34.2 Å². The predicted octanol–water partition coefficient (Wildman–Crippen LogP) is 1.000. The summed E-state index contributed by atoms with van der Waals surface area (Å²) in [6, 6.07) is 8.02. The highest BCUT2D eigenvalue weighted by molar-refractivity contribution is 5.94. The molecule has 1 aromatic carbocycles. The lowest BCUT2D eigenvalue weighted by molar-refractivity contribution is 0.0944. The van der Waals surface area contributed by atoms with Crippen molar-refractivity contribution in [3.05, 3.63) is 54.2 Å². The van der Waals surface area contributed by atoms with Gasteiger partial charge in [0.15, 0.2) is 17.1 Å². The van der Waals surface area contributed by atoms with Gasteiger partial charge in [-0.05, 0) is 30.3 Å². The summed E-state index contributed by atoms with van der Waals surface area (Å²) in [5, 5.41) is 21.1. The highest BCUT2D eigenvalue weighted by Gasteiger charge is 2.22. The fraction of sp³-hybridized carbons (Fsp3) is 0.320. The van der Waals surface area contributed by atoms with Gasteiger partial charge in [0.05, 0.1) is 36.7 Å². The number of fused-ring (bicyclic) bond motifs is 3. The van der Waals surface area contributed by atoms with E-state index in [0.29, 0.717) is 48.2 Å². The average molecular weight is 535 g/mol. The summed E-state index contributed by atoms with van der Waals surface area (Å²) in [7, 11) is 0. The van der Waals surface area contributed by atoms with Gasteiger partial charge < -0.3 is 25.5 Å². The Morgan fingerprint density at radius 2 is 1.97 bits per heavy atom. The number of carbonyl (C=O) groups excluding carboxylic acids is 1. The third kappa shape index (κ3) is 4.75. The fourth-order valence-electron chi connectivity index (χ4n) is 4.76. The van der Waals surface area contributed by atoms with E-state index in [1.54, 1.807) is 41.4 Å². The number of hydrogen-bond donors (Lipinski definition) is 3. The van der Waals surface area contributed by atoms with Gasteiger partial charge in [-0.2, -0.15) is 14.6 Å². The number of carbonyl (C=O) groups is 1. The van der Waals surface area contributed by atoms with Crippen LogP contribution in [-0.2, 0) is 6.54 Å². The number of amides is 1. The number of anilines is 2. The maximum Gasteiger partial charge on any atom is 0.251 e. The fourth-order valence-corrected chi connectivity index (χ4v) is 4.76. The van der Waals surface area contributed by atoms with Gasteiger partial charge in [-0.15, -0.1) is 5.10 Å². The summed E-state index contributed by atoms with van der Waals surface area (Å²) in [4.78, 5) is 25.4. The second kappa shape index (κ2) is 10.3. The van der Waals surface area contributed by atoms with Crippen LogP contribution in [0.25, 0.3) is 28.3 Å². The van der Waals surface area contributed by atoms with Crippen LogP contribution in [0, 0.1) is 5.82 Å². The van der Waals surface area contributed by atoms with Gasteiger partial charge in [0.25, 0.3) is 5.91 Å². The zero-order chi connectivity index (χ0) is 26.9. The first kappa shape index (κ1) is 24.8. The Morgan fingerprint density at radius 3 is 2.72 bits per heavy atom. The molecule has 0 spiro atoms. The number of nitrogens with one attached hydrogen (secondary N) is 1. The average Bonchev–Trinajstić information content (AvgIpc) is 3.71. The Kier molecular flexibility index (Phi) is 6.54. The van der Waals surface area contributed by atoms with Crippen molar-refractivity contribution in [1.82, 2.24) is 39.6 Å². The number of nitrogens with zero attached hydrogens (tertiary/aromatic N) is 8. The maximum atomic E-state index is 14.8. The van der Waals surface area contributed by atoms with Crippen molar-refractivity contribution in [2.75, 3.05) is 56.5 Å². The van der Waals surface area contributed by atoms with Crippen molar-refractivity contribution in [1.29, 1.82) is 0 Å². The van der Waals surface area contributed by atoms with Crippen LogP contribution in [0.3, 0.4) is 0 Å². The van der Waals surface area contributed by atoms with Crippen LogP contribution in [0.5, 0.6) is 0 Å². The maximum absolute atomic E-state index is 14.8. The summed E-state index contributed by atoms with van der Waals surface area (Å²) >= 11 is 0.